The Morgan fingerprint density at radius 2 is 2.30 bits per heavy atom. The van der Waals surface area contributed by atoms with Crippen LogP contribution >= 0.6 is 11.6 Å². The summed E-state index contributed by atoms with van der Waals surface area (Å²) >= 11 is 5.64. The van der Waals surface area contributed by atoms with Gasteiger partial charge in [0, 0.05) is 0 Å². The Kier molecular flexibility index (Phi) is 2.39. The van der Waals surface area contributed by atoms with Crippen LogP contribution in [0, 0.1) is 0 Å². The summed E-state index contributed by atoms with van der Waals surface area (Å²) in [5.41, 5.74) is 0.660. The van der Waals surface area contributed by atoms with Crippen LogP contribution in [-0.2, 0) is 0 Å². The summed E-state index contributed by atoms with van der Waals surface area (Å²) in [5.74, 6) is 1.81. The van der Waals surface area contributed by atoms with Crippen LogP contribution < -0.4 is 0 Å². The summed E-state index contributed by atoms with van der Waals surface area (Å²) in [5, 5.41) is 0. The van der Waals surface area contributed by atoms with E-state index < -0.39 is 0 Å². The fourth-order valence-electron chi connectivity index (χ4n) is 0.707. The third-order valence-electron chi connectivity index (χ3n) is 1.23. The molecule has 0 unspecified atom stereocenters. The number of ketones is 1. The molecule has 10 heavy (non-hydrogen) atoms. The van der Waals surface area contributed by atoms with Gasteiger partial charge < -0.3 is 0 Å². The van der Waals surface area contributed by atoms with Gasteiger partial charge in [-0.3, -0.25) is 0 Å². The van der Waals surface area contributed by atoms with Crippen molar-refractivity contribution in [2.45, 2.75) is 6.92 Å². The molecule has 4 heteroatoms. The van der Waals surface area contributed by atoms with Crippen molar-refractivity contribution in [1.82, 2.24) is 0 Å². The quantitative estimate of drug-likeness (QED) is 0.550. The summed E-state index contributed by atoms with van der Waals surface area (Å²) in [6.45, 7) is 5.01. The summed E-state index contributed by atoms with van der Waals surface area (Å²) < 4.78 is 0. The van der Waals surface area contributed by atoms with Gasteiger partial charge in [0.15, 0.2) is 0 Å². The molecule has 0 N–H and O–H groups in total. The number of rotatable bonds is 1. The average molecular weight is 150 g/mol. The van der Waals surface area contributed by atoms with Crippen LogP contribution in [0.2, 0.25) is 4.92 Å². The van der Waals surface area contributed by atoms with Gasteiger partial charge in [0.25, 0.3) is 0 Å². The molecule has 1 rings (SSSR count). The van der Waals surface area contributed by atoms with Crippen molar-refractivity contribution in [3.05, 3.63) is 22.3 Å². The predicted molar refractivity (Wildman–Crippen MR) is 44.2 cm³/mol. The van der Waals surface area contributed by atoms with E-state index in [0.717, 1.165) is 0 Å². The second kappa shape index (κ2) is 3.11. The molecule has 0 amide bonds. The molecule has 0 fully saturated rings. The number of hydrogen-bond acceptors (Lipinski definition) is 1. The zero-order valence-electron chi connectivity index (χ0n) is 5.60. The summed E-state index contributed by atoms with van der Waals surface area (Å²) in [7, 11) is 0. The van der Waals surface area contributed by atoms with E-state index in [1.54, 1.807) is 25.7 Å². The molecule has 0 aromatic carbocycles. The molecule has 0 atom stereocenters. The van der Waals surface area contributed by atoms with Gasteiger partial charge in [0.2, 0.25) is 0 Å². The molecule has 0 bridgehead atoms. The van der Waals surface area contributed by atoms with E-state index in [1.807, 2.05) is 0 Å². The Morgan fingerprint density at radius 3 is 2.70 bits per heavy atom. The third-order valence-corrected chi connectivity index (χ3v) is 1.47. The molecule has 0 aliphatic heterocycles. The Labute approximate surface area is 65.8 Å². The second-order valence-electron chi connectivity index (χ2n) is 2.07. The van der Waals surface area contributed by atoms with Crippen molar-refractivity contribution in [2.75, 3.05) is 0 Å². The van der Waals surface area contributed by atoms with Crippen LogP contribution in [0.5, 0.6) is 0 Å². The first kappa shape index (κ1) is 7.67. The van der Waals surface area contributed by atoms with Crippen molar-refractivity contribution >= 4 is 31.2 Å². The molecule has 1 aromatic heterocycles. The molecule has 0 aliphatic rings. The van der Waals surface area contributed by atoms with E-state index in [0.29, 0.717) is 10.4 Å². The van der Waals surface area contributed by atoms with Gasteiger partial charge in [0.05, 0.1) is 0 Å². The molecular formula is C6H5B2ClO. The monoisotopic (exact) mass is 150 g/mol. The first-order valence-electron chi connectivity index (χ1n) is 2.96. The Hall–Kier alpha value is -0.430. The normalized spacial score (nSPS) is 8.60. The molecule has 0 saturated heterocycles. The third kappa shape index (κ3) is 1.77. The molecule has 0 radical (unpaired) electrons. The molecule has 1 heterocycles. The maximum atomic E-state index is 10.7. The molecule has 0 aliphatic carbocycles. The first-order chi connectivity index (χ1) is 4.70. The molecule has 1 aromatic rings. The summed E-state index contributed by atoms with van der Waals surface area (Å²) in [6, 6.07) is 1.66. The van der Waals surface area contributed by atoms with Gasteiger partial charge in [-0.15, -0.1) is 0 Å². The average Bonchev–Trinajstić information content (AvgIpc) is 1.88. The molecule has 48 valence electrons. The topological polar surface area (TPSA) is 17.1 Å². The van der Waals surface area contributed by atoms with Crippen molar-refractivity contribution in [2.24, 2.45) is 0 Å². The van der Waals surface area contributed by atoms with Gasteiger partial charge in [0.1, 0.15) is 0 Å². The van der Waals surface area contributed by atoms with Crippen molar-refractivity contribution in [1.29, 1.82) is 0 Å². The molecule has 0 spiro atoms. The Bertz CT molecular complexity index is 262. The van der Waals surface area contributed by atoms with Crippen LogP contribution in [-0.4, -0.2) is 19.6 Å². The van der Waals surface area contributed by atoms with Gasteiger partial charge in [-0.2, -0.15) is 0 Å². The molecular weight excluding hydrogens is 145 g/mol. The predicted octanol–water partition coefficient (Wildman–Crippen LogP) is 1.22. The molecule has 0 saturated carbocycles. The van der Waals surface area contributed by atoms with Crippen molar-refractivity contribution < 1.29 is 4.79 Å². The van der Waals surface area contributed by atoms with E-state index in [1.165, 1.54) is 6.92 Å². The van der Waals surface area contributed by atoms with Gasteiger partial charge in [-0.25, -0.2) is 0 Å². The first-order valence-corrected chi connectivity index (χ1v) is 3.34. The van der Waals surface area contributed by atoms with Crippen LogP contribution in [0.15, 0.2) is 11.9 Å². The number of halogens is 1. The Balaban J connectivity index is 3.07. The van der Waals surface area contributed by atoms with E-state index in [9.17, 15) is 4.79 Å². The van der Waals surface area contributed by atoms with E-state index >= 15 is 0 Å². The summed E-state index contributed by atoms with van der Waals surface area (Å²) in [6.07, 6.45) is 0. The minimum absolute atomic E-state index is 0.0440. The fraction of sp³-hybridized carbons (Fsp3) is 0.167. The zero-order valence-corrected chi connectivity index (χ0v) is 6.35. The fourth-order valence-corrected chi connectivity index (χ4v) is 0.898. The van der Waals surface area contributed by atoms with E-state index in [4.69, 9.17) is 11.6 Å². The SMILES string of the molecule is CC(=O)c1bcbc(Cl)c1. The standard InChI is InChI=1S/C6H5B2ClO/c1-4(10)5-2-6(9)8-3-7-5/h2-3H,1H3. The number of Topliss-reactive ketones (excluding diaryl/α,β-unsaturated/α-hetero) is 1. The zero-order chi connectivity index (χ0) is 7.56. The van der Waals surface area contributed by atoms with Crippen molar-refractivity contribution in [3.63, 3.8) is 0 Å². The van der Waals surface area contributed by atoms with Crippen LogP contribution in [0.1, 0.15) is 17.2 Å². The number of carbonyl (C=O) groups excluding carboxylic acids is 1. The molecule has 1 nitrogen and oxygen atoms in total. The second-order valence-corrected chi connectivity index (χ2v) is 2.50. The van der Waals surface area contributed by atoms with E-state index in [2.05, 4.69) is 0 Å². The minimum atomic E-state index is 0.0440. The van der Waals surface area contributed by atoms with Gasteiger partial charge in [-0.05, 0) is 0 Å². The van der Waals surface area contributed by atoms with Crippen molar-refractivity contribution in [3.8, 4) is 0 Å². The van der Waals surface area contributed by atoms with Crippen LogP contribution in [0.3, 0.4) is 0 Å². The van der Waals surface area contributed by atoms with Gasteiger partial charge in [-0.1, -0.05) is 0 Å². The van der Waals surface area contributed by atoms with Crippen LogP contribution in [0.25, 0.3) is 0 Å². The van der Waals surface area contributed by atoms with E-state index in [-0.39, 0.29) is 5.78 Å². The number of carbonyl (C=O) groups is 1. The van der Waals surface area contributed by atoms with Gasteiger partial charge >= 0.3 is 65.2 Å². The summed E-state index contributed by atoms with van der Waals surface area (Å²) in [4.78, 5) is 11.3. The number of hydrogen-bond donors (Lipinski definition) is 0. The van der Waals surface area contributed by atoms with Crippen LogP contribution in [0.4, 0.5) is 0 Å². The maximum absolute atomic E-state index is 10.7. The Morgan fingerprint density at radius 1 is 1.60 bits per heavy atom.